The Morgan fingerprint density at radius 2 is 1.92 bits per heavy atom. The number of nitrogens with two attached hydrogens (primary N) is 1. The van der Waals surface area contributed by atoms with Crippen LogP contribution in [0.15, 0.2) is 48.0 Å². The van der Waals surface area contributed by atoms with E-state index in [1.165, 1.54) is 13.2 Å². The first-order chi connectivity index (χ1) is 17.3. The zero-order valence-electron chi connectivity index (χ0n) is 19.9. The van der Waals surface area contributed by atoms with Crippen LogP contribution in [0.1, 0.15) is 50.8 Å². The van der Waals surface area contributed by atoms with E-state index >= 15 is 0 Å². The summed E-state index contributed by atoms with van der Waals surface area (Å²) in [6, 6.07) is 16.3. The molecule has 0 fully saturated rings. The molecule has 1 heterocycles. The molecule has 0 radical (unpaired) electrons. The number of allylic oxidation sites excluding steroid dienone is 3. The van der Waals surface area contributed by atoms with Crippen molar-refractivity contribution < 1.29 is 19.4 Å². The second-order valence-corrected chi connectivity index (χ2v) is 8.21. The van der Waals surface area contributed by atoms with Crippen molar-refractivity contribution in [3.05, 3.63) is 87.1 Å². The molecule has 0 unspecified atom stereocenters. The first-order valence-electron chi connectivity index (χ1n) is 11.0. The molecule has 36 heavy (non-hydrogen) atoms. The van der Waals surface area contributed by atoms with Crippen LogP contribution in [0.25, 0.3) is 17.2 Å². The van der Waals surface area contributed by atoms with E-state index < -0.39 is 5.97 Å². The molecule has 4 rings (SSSR count). The molecule has 1 aromatic heterocycles. The zero-order chi connectivity index (χ0) is 26.0. The number of methoxy groups -OCH3 is 1. The minimum Gasteiger partial charge on any atom is -0.493 e. The summed E-state index contributed by atoms with van der Waals surface area (Å²) in [5.74, 6) is 0.0883. The van der Waals surface area contributed by atoms with Gasteiger partial charge in [-0.25, -0.2) is 9.78 Å². The maximum atomic E-state index is 11.2. The largest absolute Gasteiger partial charge is 0.493 e. The molecular formula is C28H22N4O4. The van der Waals surface area contributed by atoms with Crippen LogP contribution in [0.4, 0.5) is 5.82 Å². The second kappa shape index (κ2) is 9.65. The third-order valence-electron chi connectivity index (χ3n) is 6.05. The number of hydrogen-bond donors (Lipinski definition) is 2. The standard InChI is InChI=1S/C28H22N4O4/c1-15-20(25-16(2)22(13-30)27(31)32-26(25)21(15)12-29)10-17-7-8-23(24(11-17)35-3)36-14-18-5-4-6-19(9-18)28(33)34/h4-11H,14H2,1-3H3,(H2,31,32)(H,33,34). The molecule has 0 bridgehead atoms. The van der Waals surface area contributed by atoms with Crippen molar-refractivity contribution in [2.45, 2.75) is 20.5 Å². The van der Waals surface area contributed by atoms with Gasteiger partial charge in [0, 0.05) is 5.56 Å². The Kier molecular flexibility index (Phi) is 6.45. The number of anilines is 1. The van der Waals surface area contributed by atoms with E-state index in [2.05, 4.69) is 17.1 Å². The van der Waals surface area contributed by atoms with Gasteiger partial charge in [0.15, 0.2) is 11.5 Å². The predicted octanol–water partition coefficient (Wildman–Crippen LogP) is 4.98. The molecule has 0 saturated carbocycles. The molecule has 1 aliphatic rings. The van der Waals surface area contributed by atoms with E-state index in [4.69, 9.17) is 15.2 Å². The third kappa shape index (κ3) is 4.24. The Labute approximate surface area is 208 Å². The van der Waals surface area contributed by atoms with Gasteiger partial charge in [-0.3, -0.25) is 0 Å². The number of aromatic nitrogens is 1. The number of benzene rings is 2. The van der Waals surface area contributed by atoms with Crippen LogP contribution in [-0.2, 0) is 6.61 Å². The molecule has 0 saturated heterocycles. The van der Waals surface area contributed by atoms with E-state index in [-0.39, 0.29) is 18.0 Å². The van der Waals surface area contributed by atoms with Gasteiger partial charge in [-0.1, -0.05) is 18.2 Å². The summed E-state index contributed by atoms with van der Waals surface area (Å²) in [5.41, 5.74) is 11.8. The van der Waals surface area contributed by atoms with E-state index in [0.717, 1.165) is 16.7 Å². The smallest absolute Gasteiger partial charge is 0.335 e. The zero-order valence-corrected chi connectivity index (χ0v) is 19.9. The molecule has 0 amide bonds. The summed E-state index contributed by atoms with van der Waals surface area (Å²) in [4.78, 5) is 15.6. The number of rotatable bonds is 6. The van der Waals surface area contributed by atoms with Gasteiger partial charge >= 0.3 is 5.97 Å². The molecule has 8 heteroatoms. The Morgan fingerprint density at radius 1 is 1.14 bits per heavy atom. The van der Waals surface area contributed by atoms with Gasteiger partial charge in [0.2, 0.25) is 0 Å². The summed E-state index contributed by atoms with van der Waals surface area (Å²) in [6.07, 6.45) is 1.91. The normalized spacial score (nSPS) is 13.2. The fourth-order valence-electron chi connectivity index (χ4n) is 4.21. The Hall–Kier alpha value is -5.08. The number of pyridine rings is 1. The lowest BCUT2D eigenvalue weighted by Gasteiger charge is -2.13. The molecule has 0 aliphatic heterocycles. The van der Waals surface area contributed by atoms with Gasteiger partial charge in [0.1, 0.15) is 24.6 Å². The summed E-state index contributed by atoms with van der Waals surface area (Å²) in [7, 11) is 1.53. The highest BCUT2D eigenvalue weighted by atomic mass is 16.5. The summed E-state index contributed by atoms with van der Waals surface area (Å²) in [6.45, 7) is 3.81. The number of carbonyl (C=O) groups is 1. The number of hydrogen-bond acceptors (Lipinski definition) is 7. The summed E-state index contributed by atoms with van der Waals surface area (Å²) >= 11 is 0. The highest BCUT2D eigenvalue weighted by Crippen LogP contribution is 2.44. The number of aromatic carboxylic acids is 1. The number of carboxylic acids is 1. The maximum absolute atomic E-state index is 11.2. The molecular weight excluding hydrogens is 456 g/mol. The Balaban J connectivity index is 1.70. The van der Waals surface area contributed by atoms with Crippen molar-refractivity contribution in [2.75, 3.05) is 12.8 Å². The van der Waals surface area contributed by atoms with Gasteiger partial charge in [-0.2, -0.15) is 10.5 Å². The first-order valence-corrected chi connectivity index (χ1v) is 11.0. The van der Waals surface area contributed by atoms with Gasteiger partial charge in [-0.05, 0) is 72.0 Å². The average molecular weight is 479 g/mol. The molecule has 0 spiro atoms. The van der Waals surface area contributed by atoms with Crippen LogP contribution < -0.4 is 15.2 Å². The lowest BCUT2D eigenvalue weighted by atomic mass is 9.95. The number of ether oxygens (including phenoxy) is 2. The van der Waals surface area contributed by atoms with Crippen molar-refractivity contribution in [1.82, 2.24) is 4.98 Å². The predicted molar refractivity (Wildman–Crippen MR) is 135 cm³/mol. The van der Waals surface area contributed by atoms with E-state index in [9.17, 15) is 20.4 Å². The van der Waals surface area contributed by atoms with E-state index in [0.29, 0.717) is 45.0 Å². The fourth-order valence-corrected chi connectivity index (χ4v) is 4.21. The van der Waals surface area contributed by atoms with Crippen LogP contribution in [0, 0.1) is 29.6 Å². The fraction of sp³-hybridized carbons (Fsp3) is 0.143. The van der Waals surface area contributed by atoms with Crippen LogP contribution >= 0.6 is 0 Å². The number of carboxylic acid groups (broad SMARTS) is 1. The quantitative estimate of drug-likeness (QED) is 0.505. The van der Waals surface area contributed by atoms with Gasteiger partial charge in [0.05, 0.1) is 29.5 Å². The highest BCUT2D eigenvalue weighted by molar-refractivity contribution is 6.08. The van der Waals surface area contributed by atoms with Crippen molar-refractivity contribution in [2.24, 2.45) is 0 Å². The monoisotopic (exact) mass is 478 g/mol. The minimum absolute atomic E-state index is 0.104. The SMILES string of the molecule is COc1cc(C=C2C(C)=C(C#N)c3nc(N)c(C#N)c(C)c32)ccc1OCc1cccc(C(=O)O)c1. The first kappa shape index (κ1) is 24.1. The van der Waals surface area contributed by atoms with Crippen LogP contribution in [0.2, 0.25) is 0 Å². The average Bonchev–Trinajstić information content (AvgIpc) is 3.13. The lowest BCUT2D eigenvalue weighted by molar-refractivity contribution is 0.0696. The number of nitriles is 2. The molecule has 0 atom stereocenters. The lowest BCUT2D eigenvalue weighted by Crippen LogP contribution is -2.03. The topological polar surface area (TPSA) is 142 Å². The van der Waals surface area contributed by atoms with Crippen molar-refractivity contribution in [3.63, 3.8) is 0 Å². The molecule has 1 aliphatic carbocycles. The molecule has 8 nitrogen and oxygen atoms in total. The van der Waals surface area contributed by atoms with Gasteiger partial charge in [0.25, 0.3) is 0 Å². The Bertz CT molecular complexity index is 1550. The van der Waals surface area contributed by atoms with Crippen molar-refractivity contribution in [1.29, 1.82) is 10.5 Å². The third-order valence-corrected chi connectivity index (χ3v) is 6.05. The van der Waals surface area contributed by atoms with Crippen molar-refractivity contribution >= 4 is 29.0 Å². The summed E-state index contributed by atoms with van der Waals surface area (Å²) < 4.78 is 11.4. The molecule has 3 N–H and O–H groups in total. The van der Waals surface area contributed by atoms with E-state index in [1.54, 1.807) is 37.3 Å². The molecule has 2 aromatic carbocycles. The van der Waals surface area contributed by atoms with Crippen LogP contribution in [0.3, 0.4) is 0 Å². The Morgan fingerprint density at radius 3 is 2.58 bits per heavy atom. The van der Waals surface area contributed by atoms with Gasteiger partial charge in [-0.15, -0.1) is 0 Å². The minimum atomic E-state index is -1.00. The molecule has 3 aromatic rings. The number of nitrogens with zero attached hydrogens (tertiary/aromatic N) is 3. The number of nitrogen functional groups attached to an aromatic ring is 1. The van der Waals surface area contributed by atoms with Crippen molar-refractivity contribution in [3.8, 4) is 23.6 Å². The van der Waals surface area contributed by atoms with Crippen LogP contribution in [0.5, 0.6) is 11.5 Å². The second-order valence-electron chi connectivity index (χ2n) is 8.21. The molecule has 178 valence electrons. The maximum Gasteiger partial charge on any atom is 0.335 e. The summed E-state index contributed by atoms with van der Waals surface area (Å²) in [5, 5.41) is 28.5. The highest BCUT2D eigenvalue weighted by Gasteiger charge is 2.29. The van der Waals surface area contributed by atoms with E-state index in [1.807, 2.05) is 19.1 Å². The number of fused-ring (bicyclic) bond motifs is 1. The van der Waals surface area contributed by atoms with Crippen LogP contribution in [-0.4, -0.2) is 23.2 Å². The van der Waals surface area contributed by atoms with Gasteiger partial charge < -0.3 is 20.3 Å².